The first-order valence-electron chi connectivity index (χ1n) is 8.91. The van der Waals surface area contributed by atoms with Gasteiger partial charge >= 0.3 is 5.97 Å². The number of hydrogen-bond acceptors (Lipinski definition) is 6. The van der Waals surface area contributed by atoms with E-state index >= 15 is 0 Å². The van der Waals surface area contributed by atoms with Crippen LogP contribution in [0, 0.1) is 0 Å². The Morgan fingerprint density at radius 2 is 1.90 bits per heavy atom. The van der Waals surface area contributed by atoms with E-state index in [1.807, 2.05) is 24.3 Å². The van der Waals surface area contributed by atoms with Gasteiger partial charge in [0.25, 0.3) is 0 Å². The Labute approximate surface area is 164 Å². The van der Waals surface area contributed by atoms with Crippen molar-refractivity contribution in [1.29, 1.82) is 0 Å². The van der Waals surface area contributed by atoms with Crippen LogP contribution in [0.25, 0.3) is 33.5 Å². The van der Waals surface area contributed by atoms with E-state index in [2.05, 4.69) is 31.3 Å². The molecule has 140 valence electrons. The van der Waals surface area contributed by atoms with Crippen molar-refractivity contribution in [2.24, 2.45) is 0 Å². The summed E-state index contributed by atoms with van der Waals surface area (Å²) in [5.74, 6) is -0.967. The fourth-order valence-corrected chi connectivity index (χ4v) is 3.18. The molecule has 8 heteroatoms. The molecular formula is C21H14N6O2. The van der Waals surface area contributed by atoms with Crippen molar-refractivity contribution in [3.8, 4) is 11.3 Å². The fraction of sp³-hybridized carbons (Fsp3) is 0.0476. The summed E-state index contributed by atoms with van der Waals surface area (Å²) >= 11 is 0. The van der Waals surface area contributed by atoms with Gasteiger partial charge in [0.2, 0.25) is 5.65 Å². The van der Waals surface area contributed by atoms with Gasteiger partial charge in [-0.05, 0) is 35.9 Å². The van der Waals surface area contributed by atoms with Crippen molar-refractivity contribution in [3.63, 3.8) is 0 Å². The monoisotopic (exact) mass is 382 g/mol. The van der Waals surface area contributed by atoms with Crippen molar-refractivity contribution in [1.82, 2.24) is 29.9 Å². The summed E-state index contributed by atoms with van der Waals surface area (Å²) in [4.78, 5) is 24.4. The van der Waals surface area contributed by atoms with Crippen LogP contribution in [0.5, 0.6) is 0 Å². The predicted octanol–water partition coefficient (Wildman–Crippen LogP) is 3.18. The van der Waals surface area contributed by atoms with Gasteiger partial charge in [-0.15, -0.1) is 5.10 Å². The lowest BCUT2D eigenvalue weighted by molar-refractivity contribution is 0.0697. The Morgan fingerprint density at radius 1 is 1.03 bits per heavy atom. The molecule has 5 rings (SSSR count). The molecule has 3 aromatic heterocycles. The summed E-state index contributed by atoms with van der Waals surface area (Å²) in [6.07, 6.45) is 3.38. The number of carboxylic acids is 1. The van der Waals surface area contributed by atoms with Gasteiger partial charge < -0.3 is 5.11 Å². The number of fused-ring (bicyclic) bond motifs is 2. The van der Waals surface area contributed by atoms with Crippen molar-refractivity contribution in [2.75, 3.05) is 0 Å². The smallest absolute Gasteiger partial charge is 0.335 e. The van der Waals surface area contributed by atoms with Crippen LogP contribution in [0.3, 0.4) is 0 Å². The summed E-state index contributed by atoms with van der Waals surface area (Å²) in [5, 5.41) is 18.4. The summed E-state index contributed by atoms with van der Waals surface area (Å²) < 4.78 is 1.70. The highest BCUT2D eigenvalue weighted by Gasteiger charge is 2.11. The standard InChI is InChI=1S/C21H14N6O2/c28-21(29)15-6-4-14(5-7-15)18-11-23-19-20(24-18)27(26-25-19)12-13-3-8-17-16(10-13)2-1-9-22-17/h1-11H,12H2,(H,28,29). The maximum atomic E-state index is 11.0. The molecular weight excluding hydrogens is 368 g/mol. The van der Waals surface area contributed by atoms with Crippen LogP contribution in [0.1, 0.15) is 15.9 Å². The summed E-state index contributed by atoms with van der Waals surface area (Å²) in [5.41, 5.74) is 4.63. The second-order valence-electron chi connectivity index (χ2n) is 6.56. The Hall–Kier alpha value is -4.20. The molecule has 0 saturated heterocycles. The molecule has 0 spiro atoms. The average molecular weight is 382 g/mol. The third-order valence-electron chi connectivity index (χ3n) is 4.65. The average Bonchev–Trinajstić information content (AvgIpc) is 3.15. The number of aromatic nitrogens is 6. The number of pyridine rings is 1. The molecule has 0 atom stereocenters. The van der Waals surface area contributed by atoms with E-state index in [-0.39, 0.29) is 5.56 Å². The van der Waals surface area contributed by atoms with E-state index in [0.717, 1.165) is 22.0 Å². The molecule has 0 aliphatic heterocycles. The van der Waals surface area contributed by atoms with E-state index in [1.165, 1.54) is 0 Å². The number of aromatic carboxylic acids is 1. The maximum absolute atomic E-state index is 11.0. The highest BCUT2D eigenvalue weighted by atomic mass is 16.4. The normalized spacial score (nSPS) is 11.2. The highest BCUT2D eigenvalue weighted by molar-refractivity contribution is 5.88. The SMILES string of the molecule is O=C(O)c1ccc(-c2cnc3nnn(Cc4ccc5ncccc5c4)c3n2)cc1. The Morgan fingerprint density at radius 3 is 2.72 bits per heavy atom. The topological polar surface area (TPSA) is 107 Å². The minimum absolute atomic E-state index is 0.222. The fourth-order valence-electron chi connectivity index (χ4n) is 3.18. The highest BCUT2D eigenvalue weighted by Crippen LogP contribution is 2.20. The van der Waals surface area contributed by atoms with Crippen LogP contribution in [-0.2, 0) is 6.54 Å². The van der Waals surface area contributed by atoms with Crippen molar-refractivity contribution in [3.05, 3.63) is 78.1 Å². The van der Waals surface area contributed by atoms with Gasteiger partial charge in [0.15, 0.2) is 5.65 Å². The quantitative estimate of drug-likeness (QED) is 0.509. The molecule has 3 heterocycles. The largest absolute Gasteiger partial charge is 0.478 e. The van der Waals surface area contributed by atoms with Crippen molar-refractivity contribution < 1.29 is 9.90 Å². The molecule has 5 aromatic rings. The Bertz CT molecular complexity index is 1360. The molecule has 0 radical (unpaired) electrons. The third-order valence-corrected chi connectivity index (χ3v) is 4.65. The van der Waals surface area contributed by atoms with Gasteiger partial charge in [0.05, 0.1) is 29.5 Å². The molecule has 0 fully saturated rings. The van der Waals surface area contributed by atoms with Gasteiger partial charge in [-0.3, -0.25) is 4.98 Å². The molecule has 29 heavy (non-hydrogen) atoms. The van der Waals surface area contributed by atoms with E-state index in [0.29, 0.717) is 23.5 Å². The second-order valence-corrected chi connectivity index (χ2v) is 6.56. The zero-order valence-corrected chi connectivity index (χ0v) is 15.1. The number of carbonyl (C=O) groups is 1. The van der Waals surface area contributed by atoms with E-state index < -0.39 is 5.97 Å². The number of nitrogens with zero attached hydrogens (tertiary/aromatic N) is 6. The van der Waals surface area contributed by atoms with Crippen molar-refractivity contribution in [2.45, 2.75) is 6.54 Å². The predicted molar refractivity (Wildman–Crippen MR) is 106 cm³/mol. The Kier molecular flexibility index (Phi) is 3.94. The molecule has 1 N–H and O–H groups in total. The lowest BCUT2D eigenvalue weighted by Crippen LogP contribution is -2.03. The molecule has 0 bridgehead atoms. The first-order chi connectivity index (χ1) is 14.2. The minimum atomic E-state index is -0.967. The van der Waals surface area contributed by atoms with Gasteiger partial charge in [-0.25, -0.2) is 19.4 Å². The van der Waals surface area contributed by atoms with Crippen LogP contribution < -0.4 is 0 Å². The minimum Gasteiger partial charge on any atom is -0.478 e. The molecule has 0 amide bonds. The second kappa shape index (κ2) is 6.75. The molecule has 8 nitrogen and oxygen atoms in total. The van der Waals surface area contributed by atoms with E-state index in [4.69, 9.17) is 5.11 Å². The third kappa shape index (κ3) is 3.16. The molecule has 0 unspecified atom stereocenters. The summed E-state index contributed by atoms with van der Waals surface area (Å²) in [7, 11) is 0. The van der Waals surface area contributed by atoms with Gasteiger partial charge in [0.1, 0.15) is 0 Å². The summed E-state index contributed by atoms with van der Waals surface area (Å²) in [6.45, 7) is 0.497. The lowest BCUT2D eigenvalue weighted by Gasteiger charge is -2.05. The molecule has 2 aromatic carbocycles. The van der Waals surface area contributed by atoms with Gasteiger partial charge in [0, 0.05) is 17.1 Å². The van der Waals surface area contributed by atoms with Crippen LogP contribution in [0.15, 0.2) is 67.0 Å². The zero-order chi connectivity index (χ0) is 19.8. The number of benzene rings is 2. The molecule has 0 saturated carbocycles. The Balaban J connectivity index is 1.51. The van der Waals surface area contributed by atoms with Crippen molar-refractivity contribution >= 4 is 28.2 Å². The van der Waals surface area contributed by atoms with E-state index in [1.54, 1.807) is 41.3 Å². The van der Waals surface area contributed by atoms with Crippen LogP contribution in [0.4, 0.5) is 0 Å². The number of hydrogen-bond donors (Lipinski definition) is 1. The van der Waals surface area contributed by atoms with Crippen LogP contribution >= 0.6 is 0 Å². The van der Waals surface area contributed by atoms with Crippen LogP contribution in [-0.4, -0.2) is 41.0 Å². The van der Waals surface area contributed by atoms with Gasteiger partial charge in [-0.2, -0.15) is 0 Å². The first-order valence-corrected chi connectivity index (χ1v) is 8.91. The van der Waals surface area contributed by atoms with E-state index in [9.17, 15) is 4.79 Å². The maximum Gasteiger partial charge on any atom is 0.335 e. The van der Waals surface area contributed by atoms with Gasteiger partial charge in [-0.1, -0.05) is 29.5 Å². The number of rotatable bonds is 4. The van der Waals surface area contributed by atoms with Crippen LogP contribution in [0.2, 0.25) is 0 Å². The lowest BCUT2D eigenvalue weighted by atomic mass is 10.1. The first kappa shape index (κ1) is 16.9. The molecule has 0 aliphatic rings. The zero-order valence-electron chi connectivity index (χ0n) is 15.1. The molecule has 0 aliphatic carbocycles. The number of carboxylic acid groups (broad SMARTS) is 1. The summed E-state index contributed by atoms with van der Waals surface area (Å²) in [6, 6.07) is 16.5.